The minimum atomic E-state index is -0.662. The van der Waals surface area contributed by atoms with Crippen LogP contribution in [0.3, 0.4) is 0 Å². The van der Waals surface area contributed by atoms with Crippen molar-refractivity contribution in [2.75, 3.05) is 17.2 Å². The molecule has 0 unspecified atom stereocenters. The van der Waals surface area contributed by atoms with Gasteiger partial charge >= 0.3 is 0 Å². The first-order chi connectivity index (χ1) is 12.9. The molecule has 0 radical (unpaired) electrons. The van der Waals surface area contributed by atoms with Crippen LogP contribution in [-0.4, -0.2) is 29.4 Å². The molecule has 0 aliphatic carbocycles. The fourth-order valence-electron chi connectivity index (χ4n) is 2.13. The van der Waals surface area contributed by atoms with Gasteiger partial charge in [0.15, 0.2) is 0 Å². The molecule has 8 heteroatoms. The molecule has 2 aromatic carbocycles. The molecule has 0 aliphatic rings. The zero-order valence-corrected chi connectivity index (χ0v) is 14.3. The summed E-state index contributed by atoms with van der Waals surface area (Å²) in [5, 5.41) is 16.4. The van der Waals surface area contributed by atoms with Gasteiger partial charge in [0.25, 0.3) is 0 Å². The molecule has 4 N–H and O–H groups in total. The van der Waals surface area contributed by atoms with Gasteiger partial charge in [-0.3, -0.25) is 14.4 Å². The molecule has 0 aliphatic heterocycles. The Labute approximate surface area is 154 Å². The third-order valence-corrected chi connectivity index (χ3v) is 3.44. The Morgan fingerprint density at radius 2 is 1.74 bits per heavy atom. The van der Waals surface area contributed by atoms with Crippen LogP contribution < -0.4 is 16.0 Å². The first kappa shape index (κ1) is 19.6. The van der Waals surface area contributed by atoms with E-state index in [-0.39, 0.29) is 36.0 Å². The Bertz CT molecular complexity index is 866. The Hall–Kier alpha value is -3.68. The number of halogens is 1. The molecule has 0 fully saturated rings. The zero-order valence-electron chi connectivity index (χ0n) is 14.3. The van der Waals surface area contributed by atoms with Gasteiger partial charge in [0.05, 0.1) is 18.7 Å². The van der Waals surface area contributed by atoms with Crippen molar-refractivity contribution in [1.29, 1.82) is 0 Å². The minimum absolute atomic E-state index is 0.0574. The highest BCUT2D eigenvalue weighted by atomic mass is 19.1. The maximum atomic E-state index is 13.7. The van der Waals surface area contributed by atoms with Crippen molar-refractivity contribution in [1.82, 2.24) is 5.32 Å². The summed E-state index contributed by atoms with van der Waals surface area (Å²) in [7, 11) is 0. The summed E-state index contributed by atoms with van der Waals surface area (Å²) in [5.74, 6) is -2.03. The number of phenols is 1. The van der Waals surface area contributed by atoms with Gasteiger partial charge in [0, 0.05) is 5.69 Å². The van der Waals surface area contributed by atoms with E-state index in [2.05, 4.69) is 22.5 Å². The number of benzene rings is 2. The van der Waals surface area contributed by atoms with Crippen LogP contribution in [0.4, 0.5) is 15.8 Å². The quantitative estimate of drug-likeness (QED) is 0.558. The van der Waals surface area contributed by atoms with Crippen molar-refractivity contribution in [3.8, 4) is 5.75 Å². The number of carbonyl (C=O) groups excluding carboxylic acids is 3. The average Bonchev–Trinajstić information content (AvgIpc) is 2.64. The number of amides is 3. The van der Waals surface area contributed by atoms with Crippen molar-refractivity contribution in [3.05, 3.63) is 66.5 Å². The molecule has 27 heavy (non-hydrogen) atoms. The van der Waals surface area contributed by atoms with E-state index in [4.69, 9.17) is 0 Å². The number of hydrogen-bond donors (Lipinski definition) is 4. The highest BCUT2D eigenvalue weighted by Crippen LogP contribution is 2.19. The lowest BCUT2D eigenvalue weighted by Gasteiger charge is -2.10. The number of aromatic hydroxyl groups is 1. The van der Waals surface area contributed by atoms with Crippen LogP contribution in [0.2, 0.25) is 0 Å². The van der Waals surface area contributed by atoms with E-state index in [9.17, 15) is 23.9 Å². The highest BCUT2D eigenvalue weighted by molar-refractivity contribution is 6.00. The predicted molar refractivity (Wildman–Crippen MR) is 98.7 cm³/mol. The normalized spacial score (nSPS) is 9.96. The summed E-state index contributed by atoms with van der Waals surface area (Å²) < 4.78 is 13.7. The SMILES string of the molecule is C=CC(=O)Nc1cc(NC(=O)CNC(=O)Cc2ccc(O)cc2)ccc1F. The number of phenolic OH excluding ortho intramolecular Hbond substituents is 1. The van der Waals surface area contributed by atoms with Gasteiger partial charge in [-0.05, 0) is 42.0 Å². The Morgan fingerprint density at radius 3 is 2.41 bits per heavy atom. The Morgan fingerprint density at radius 1 is 1.04 bits per heavy atom. The molecule has 0 saturated carbocycles. The molecule has 3 amide bonds. The minimum Gasteiger partial charge on any atom is -0.508 e. The lowest BCUT2D eigenvalue weighted by Crippen LogP contribution is -2.33. The van der Waals surface area contributed by atoms with Crippen LogP contribution in [-0.2, 0) is 20.8 Å². The lowest BCUT2D eigenvalue weighted by molar-refractivity contribution is -0.123. The third-order valence-electron chi connectivity index (χ3n) is 3.44. The molecule has 0 spiro atoms. The average molecular weight is 371 g/mol. The second-order valence-electron chi connectivity index (χ2n) is 5.56. The first-order valence-corrected chi connectivity index (χ1v) is 7.95. The topological polar surface area (TPSA) is 108 Å². The second kappa shape index (κ2) is 9.14. The Kier molecular flexibility index (Phi) is 6.65. The molecule has 7 nitrogen and oxygen atoms in total. The van der Waals surface area contributed by atoms with Gasteiger partial charge in [-0.2, -0.15) is 0 Å². The summed E-state index contributed by atoms with van der Waals surface area (Å²) in [4.78, 5) is 35.0. The first-order valence-electron chi connectivity index (χ1n) is 7.95. The van der Waals surface area contributed by atoms with E-state index in [1.165, 1.54) is 24.3 Å². The van der Waals surface area contributed by atoms with Crippen molar-refractivity contribution in [2.45, 2.75) is 6.42 Å². The summed E-state index contributed by atoms with van der Waals surface area (Å²) >= 11 is 0. The molecule has 0 aromatic heterocycles. The number of nitrogens with one attached hydrogen (secondary N) is 3. The fourth-order valence-corrected chi connectivity index (χ4v) is 2.13. The van der Waals surface area contributed by atoms with Crippen LogP contribution in [0, 0.1) is 5.82 Å². The van der Waals surface area contributed by atoms with Crippen LogP contribution in [0.15, 0.2) is 55.1 Å². The van der Waals surface area contributed by atoms with Crippen LogP contribution in [0.5, 0.6) is 5.75 Å². The van der Waals surface area contributed by atoms with E-state index >= 15 is 0 Å². The molecule has 2 rings (SSSR count). The lowest BCUT2D eigenvalue weighted by atomic mass is 10.1. The van der Waals surface area contributed by atoms with Crippen molar-refractivity contribution in [3.63, 3.8) is 0 Å². The maximum Gasteiger partial charge on any atom is 0.247 e. The summed E-state index contributed by atoms with van der Waals surface area (Å²) in [6, 6.07) is 9.82. The van der Waals surface area contributed by atoms with E-state index in [1.54, 1.807) is 12.1 Å². The van der Waals surface area contributed by atoms with Crippen molar-refractivity contribution >= 4 is 29.1 Å². The van der Waals surface area contributed by atoms with Gasteiger partial charge in [0.2, 0.25) is 17.7 Å². The maximum absolute atomic E-state index is 13.7. The summed E-state index contributed by atoms with van der Waals surface area (Å²) in [6.07, 6.45) is 1.05. The van der Waals surface area contributed by atoms with E-state index in [0.717, 1.165) is 12.1 Å². The molecule has 0 atom stereocenters. The standard InChI is InChI=1S/C19H18FN3O4/c1-2-17(25)23-16-10-13(5-8-15(16)20)22-19(27)11-21-18(26)9-12-3-6-14(24)7-4-12/h2-8,10,24H,1,9,11H2,(H,21,26)(H,22,27)(H,23,25). The smallest absolute Gasteiger partial charge is 0.247 e. The largest absolute Gasteiger partial charge is 0.508 e. The molecular weight excluding hydrogens is 353 g/mol. The summed E-state index contributed by atoms with van der Waals surface area (Å²) in [6.45, 7) is 3.00. The predicted octanol–water partition coefficient (Wildman–Crippen LogP) is 1.95. The van der Waals surface area contributed by atoms with Gasteiger partial charge in [-0.15, -0.1) is 0 Å². The second-order valence-corrected chi connectivity index (χ2v) is 5.56. The molecule has 140 valence electrons. The monoisotopic (exact) mass is 371 g/mol. The van der Waals surface area contributed by atoms with Gasteiger partial charge < -0.3 is 21.1 Å². The van der Waals surface area contributed by atoms with Crippen molar-refractivity contribution in [2.24, 2.45) is 0 Å². The molecule has 2 aromatic rings. The number of anilines is 2. The van der Waals surface area contributed by atoms with Gasteiger partial charge in [-0.1, -0.05) is 18.7 Å². The van der Waals surface area contributed by atoms with Gasteiger partial charge in [-0.25, -0.2) is 4.39 Å². The summed E-state index contributed by atoms with van der Waals surface area (Å²) in [5.41, 5.74) is 0.842. The van der Waals surface area contributed by atoms with E-state index < -0.39 is 17.6 Å². The third kappa shape index (κ3) is 6.28. The number of hydrogen-bond acceptors (Lipinski definition) is 4. The van der Waals surface area contributed by atoms with Crippen LogP contribution in [0.1, 0.15) is 5.56 Å². The highest BCUT2D eigenvalue weighted by Gasteiger charge is 2.10. The molecule has 0 heterocycles. The fraction of sp³-hybridized carbons (Fsp3) is 0.105. The Balaban J connectivity index is 1.87. The van der Waals surface area contributed by atoms with Gasteiger partial charge in [0.1, 0.15) is 11.6 Å². The van der Waals surface area contributed by atoms with Crippen molar-refractivity contribution < 1.29 is 23.9 Å². The molecule has 0 bridgehead atoms. The molecular formula is C19H18FN3O4. The van der Waals surface area contributed by atoms with E-state index in [1.807, 2.05) is 0 Å². The van der Waals surface area contributed by atoms with Crippen LogP contribution in [0.25, 0.3) is 0 Å². The van der Waals surface area contributed by atoms with Crippen LogP contribution >= 0.6 is 0 Å². The number of rotatable bonds is 7. The van der Waals surface area contributed by atoms with E-state index in [0.29, 0.717) is 5.56 Å². The zero-order chi connectivity index (χ0) is 19.8. The molecule has 0 saturated heterocycles. The number of carbonyl (C=O) groups is 3.